The molecule has 2 N–H and O–H groups in total. The topological polar surface area (TPSA) is 75.6 Å². The van der Waals surface area contributed by atoms with Crippen LogP contribution in [-0.4, -0.2) is 36.2 Å². The lowest BCUT2D eigenvalue weighted by Gasteiger charge is -2.24. The van der Waals surface area contributed by atoms with E-state index in [2.05, 4.69) is 5.32 Å². The Morgan fingerprint density at radius 1 is 1.37 bits per heavy atom. The lowest BCUT2D eigenvalue weighted by Crippen LogP contribution is -2.38. The maximum absolute atomic E-state index is 11.9. The zero-order valence-electron chi connectivity index (χ0n) is 12.1. The molecule has 1 fully saturated rings. The molecule has 2 atom stereocenters. The van der Waals surface area contributed by atoms with Gasteiger partial charge in [-0.3, -0.25) is 9.59 Å². The summed E-state index contributed by atoms with van der Waals surface area (Å²) in [6.07, 6.45) is 2.18. The molecule has 1 amide bonds. The predicted octanol–water partition coefficient (Wildman–Crippen LogP) is 1.81. The predicted molar refractivity (Wildman–Crippen MR) is 71.8 cm³/mol. The van der Waals surface area contributed by atoms with Crippen LogP contribution < -0.4 is 5.32 Å². The fourth-order valence-corrected chi connectivity index (χ4v) is 2.23. The van der Waals surface area contributed by atoms with Gasteiger partial charge in [0, 0.05) is 19.6 Å². The molecule has 0 saturated carbocycles. The minimum absolute atomic E-state index is 0.0426. The van der Waals surface area contributed by atoms with Crippen LogP contribution in [0.2, 0.25) is 0 Å². The largest absolute Gasteiger partial charge is 0.481 e. The zero-order valence-corrected chi connectivity index (χ0v) is 12.1. The van der Waals surface area contributed by atoms with E-state index in [9.17, 15) is 9.59 Å². The Morgan fingerprint density at radius 3 is 2.58 bits per heavy atom. The van der Waals surface area contributed by atoms with Crippen molar-refractivity contribution in [3.63, 3.8) is 0 Å². The first kappa shape index (κ1) is 16.0. The first-order valence-electron chi connectivity index (χ1n) is 6.93. The molecular formula is C14H25NO4. The molecule has 0 bridgehead atoms. The average Bonchev–Trinajstić information content (AvgIpc) is 2.73. The van der Waals surface area contributed by atoms with Crippen LogP contribution in [-0.2, 0) is 14.3 Å². The Hall–Kier alpha value is -1.10. The van der Waals surface area contributed by atoms with E-state index < -0.39 is 5.97 Å². The number of hydrogen-bond acceptors (Lipinski definition) is 3. The fourth-order valence-electron chi connectivity index (χ4n) is 2.23. The number of hydrogen-bond donors (Lipinski definition) is 2. The molecule has 0 aromatic heterocycles. The summed E-state index contributed by atoms with van der Waals surface area (Å²) < 4.78 is 5.40. The maximum atomic E-state index is 11.9. The van der Waals surface area contributed by atoms with Crippen molar-refractivity contribution in [3.05, 3.63) is 0 Å². The SMILES string of the molecule is CC1CCOC1C(=O)NCCC(C)(C)CCC(=O)O. The Labute approximate surface area is 114 Å². The molecule has 1 rings (SSSR count). The minimum atomic E-state index is -0.773. The molecule has 1 heterocycles. The second-order valence-corrected chi connectivity index (χ2v) is 6.16. The highest BCUT2D eigenvalue weighted by Crippen LogP contribution is 2.26. The second kappa shape index (κ2) is 6.89. The molecule has 0 aliphatic carbocycles. The highest BCUT2D eigenvalue weighted by Gasteiger charge is 2.30. The molecule has 0 spiro atoms. The van der Waals surface area contributed by atoms with Gasteiger partial charge in [-0.1, -0.05) is 20.8 Å². The van der Waals surface area contributed by atoms with E-state index in [-0.39, 0.29) is 29.8 Å². The van der Waals surface area contributed by atoms with Gasteiger partial charge < -0.3 is 15.2 Å². The van der Waals surface area contributed by atoms with Crippen molar-refractivity contribution in [2.45, 2.75) is 52.6 Å². The van der Waals surface area contributed by atoms with Crippen molar-refractivity contribution in [1.29, 1.82) is 0 Å². The number of amides is 1. The van der Waals surface area contributed by atoms with Crippen molar-refractivity contribution in [2.75, 3.05) is 13.2 Å². The molecular weight excluding hydrogens is 246 g/mol. The van der Waals surface area contributed by atoms with Gasteiger partial charge in [-0.2, -0.15) is 0 Å². The number of rotatable bonds is 7. The van der Waals surface area contributed by atoms with Crippen LogP contribution >= 0.6 is 0 Å². The highest BCUT2D eigenvalue weighted by molar-refractivity contribution is 5.81. The number of carboxylic acids is 1. The van der Waals surface area contributed by atoms with Crippen LogP contribution in [0.5, 0.6) is 0 Å². The van der Waals surface area contributed by atoms with Crippen molar-refractivity contribution in [1.82, 2.24) is 5.32 Å². The lowest BCUT2D eigenvalue weighted by atomic mass is 9.84. The first-order valence-corrected chi connectivity index (χ1v) is 6.93. The maximum Gasteiger partial charge on any atom is 0.303 e. The van der Waals surface area contributed by atoms with Crippen LogP contribution in [0, 0.1) is 11.3 Å². The number of ether oxygens (including phenoxy) is 1. The van der Waals surface area contributed by atoms with Crippen molar-refractivity contribution in [3.8, 4) is 0 Å². The molecule has 19 heavy (non-hydrogen) atoms. The van der Waals surface area contributed by atoms with Crippen molar-refractivity contribution in [2.24, 2.45) is 11.3 Å². The number of carbonyl (C=O) groups excluding carboxylic acids is 1. The Bertz CT molecular complexity index is 327. The van der Waals surface area contributed by atoms with E-state index in [1.165, 1.54) is 0 Å². The normalized spacial score (nSPS) is 23.3. The molecule has 110 valence electrons. The van der Waals surface area contributed by atoms with Crippen LogP contribution in [0.4, 0.5) is 0 Å². The van der Waals surface area contributed by atoms with Gasteiger partial charge in [0.25, 0.3) is 0 Å². The summed E-state index contributed by atoms with van der Waals surface area (Å²) in [4.78, 5) is 22.4. The summed E-state index contributed by atoms with van der Waals surface area (Å²) in [6.45, 7) is 7.29. The molecule has 0 radical (unpaired) electrons. The number of aliphatic carboxylic acids is 1. The fraction of sp³-hybridized carbons (Fsp3) is 0.857. The summed E-state index contributed by atoms with van der Waals surface area (Å²) in [6, 6.07) is 0. The smallest absolute Gasteiger partial charge is 0.303 e. The number of nitrogens with one attached hydrogen (secondary N) is 1. The molecule has 0 aromatic carbocycles. The summed E-state index contributed by atoms with van der Waals surface area (Å²) in [5.74, 6) is -0.538. The Morgan fingerprint density at radius 2 is 2.05 bits per heavy atom. The van der Waals surface area contributed by atoms with Gasteiger partial charge in [-0.05, 0) is 30.6 Å². The third-order valence-corrected chi connectivity index (χ3v) is 3.76. The van der Waals surface area contributed by atoms with E-state index in [1.807, 2.05) is 20.8 Å². The van der Waals surface area contributed by atoms with E-state index >= 15 is 0 Å². The number of carboxylic acid groups (broad SMARTS) is 1. The number of carbonyl (C=O) groups is 2. The van der Waals surface area contributed by atoms with Gasteiger partial charge in [0.2, 0.25) is 5.91 Å². The van der Waals surface area contributed by atoms with Gasteiger partial charge in [-0.15, -0.1) is 0 Å². The van der Waals surface area contributed by atoms with Gasteiger partial charge in [0.15, 0.2) is 0 Å². The Balaban J connectivity index is 2.25. The van der Waals surface area contributed by atoms with E-state index in [1.54, 1.807) is 0 Å². The average molecular weight is 271 g/mol. The first-order chi connectivity index (χ1) is 8.82. The van der Waals surface area contributed by atoms with Crippen molar-refractivity contribution >= 4 is 11.9 Å². The summed E-state index contributed by atoms with van der Waals surface area (Å²) in [5, 5.41) is 11.6. The quantitative estimate of drug-likeness (QED) is 0.740. The van der Waals surface area contributed by atoms with E-state index in [0.717, 1.165) is 12.8 Å². The molecule has 1 aliphatic rings. The Kier molecular flexibility index (Phi) is 5.79. The monoisotopic (exact) mass is 271 g/mol. The molecule has 1 saturated heterocycles. The van der Waals surface area contributed by atoms with Gasteiger partial charge in [-0.25, -0.2) is 0 Å². The zero-order chi connectivity index (χ0) is 14.5. The standard InChI is InChI=1S/C14H25NO4/c1-10-5-9-19-12(10)13(18)15-8-7-14(2,3)6-4-11(16)17/h10,12H,4-9H2,1-3H3,(H,15,18)(H,16,17). The third-order valence-electron chi connectivity index (χ3n) is 3.76. The molecule has 5 heteroatoms. The van der Waals surface area contributed by atoms with E-state index in [4.69, 9.17) is 9.84 Å². The molecule has 1 aliphatic heterocycles. The van der Waals surface area contributed by atoms with Crippen LogP contribution in [0.1, 0.15) is 46.5 Å². The highest BCUT2D eigenvalue weighted by atomic mass is 16.5. The third kappa shape index (κ3) is 5.59. The van der Waals surface area contributed by atoms with Gasteiger partial charge in [0.1, 0.15) is 6.10 Å². The molecule has 5 nitrogen and oxygen atoms in total. The van der Waals surface area contributed by atoms with Crippen LogP contribution in [0.25, 0.3) is 0 Å². The summed E-state index contributed by atoms with van der Waals surface area (Å²) in [7, 11) is 0. The van der Waals surface area contributed by atoms with Gasteiger partial charge in [0.05, 0.1) is 0 Å². The van der Waals surface area contributed by atoms with Crippen LogP contribution in [0.3, 0.4) is 0 Å². The van der Waals surface area contributed by atoms with Gasteiger partial charge >= 0.3 is 5.97 Å². The van der Waals surface area contributed by atoms with Crippen LogP contribution in [0.15, 0.2) is 0 Å². The lowest BCUT2D eigenvalue weighted by molar-refractivity contribution is -0.137. The summed E-state index contributed by atoms with van der Waals surface area (Å²) >= 11 is 0. The van der Waals surface area contributed by atoms with E-state index in [0.29, 0.717) is 19.6 Å². The van der Waals surface area contributed by atoms with Crippen molar-refractivity contribution < 1.29 is 19.4 Å². The summed E-state index contributed by atoms with van der Waals surface area (Å²) in [5.41, 5.74) is -0.0756. The second-order valence-electron chi connectivity index (χ2n) is 6.16. The molecule has 2 unspecified atom stereocenters. The minimum Gasteiger partial charge on any atom is -0.481 e. The molecule has 0 aromatic rings.